The van der Waals surface area contributed by atoms with E-state index in [0.29, 0.717) is 31.1 Å². The maximum Gasteiger partial charge on any atom is 0.338 e. The molecule has 88 valence electrons. The fraction of sp³-hybridized carbons (Fsp3) is 0.417. The second-order valence-corrected chi connectivity index (χ2v) is 3.24. The van der Waals surface area contributed by atoms with Crippen molar-refractivity contribution in [2.45, 2.75) is 13.3 Å². The maximum atomic E-state index is 11.4. The Morgan fingerprint density at radius 1 is 1.44 bits per heavy atom. The first-order valence-corrected chi connectivity index (χ1v) is 5.38. The summed E-state index contributed by atoms with van der Waals surface area (Å²) in [4.78, 5) is 11.4. The van der Waals surface area contributed by atoms with Gasteiger partial charge in [0.05, 0.1) is 18.8 Å². The van der Waals surface area contributed by atoms with Gasteiger partial charge in [0.1, 0.15) is 5.75 Å². The Morgan fingerprint density at radius 2 is 2.25 bits per heavy atom. The van der Waals surface area contributed by atoms with Crippen LogP contribution in [0.2, 0.25) is 0 Å². The number of rotatable bonds is 6. The van der Waals surface area contributed by atoms with Crippen molar-refractivity contribution in [3.05, 3.63) is 29.8 Å². The number of nitrogens with two attached hydrogens (primary N) is 1. The lowest BCUT2D eigenvalue weighted by molar-refractivity contribution is 0.0526. The van der Waals surface area contributed by atoms with Crippen molar-refractivity contribution in [3.63, 3.8) is 0 Å². The van der Waals surface area contributed by atoms with Crippen LogP contribution in [-0.2, 0) is 4.74 Å². The van der Waals surface area contributed by atoms with Crippen LogP contribution in [0, 0.1) is 0 Å². The summed E-state index contributed by atoms with van der Waals surface area (Å²) < 4.78 is 10.3. The number of ether oxygens (including phenoxy) is 2. The van der Waals surface area contributed by atoms with E-state index in [1.807, 2.05) is 0 Å². The molecule has 0 radical (unpaired) electrons. The van der Waals surface area contributed by atoms with E-state index in [2.05, 4.69) is 0 Å². The van der Waals surface area contributed by atoms with Gasteiger partial charge < -0.3 is 15.2 Å². The van der Waals surface area contributed by atoms with Crippen molar-refractivity contribution in [2.75, 3.05) is 19.8 Å². The van der Waals surface area contributed by atoms with Crippen molar-refractivity contribution in [2.24, 2.45) is 5.73 Å². The van der Waals surface area contributed by atoms with Gasteiger partial charge in [-0.15, -0.1) is 0 Å². The molecule has 0 aliphatic heterocycles. The fourth-order valence-corrected chi connectivity index (χ4v) is 1.20. The van der Waals surface area contributed by atoms with Crippen molar-refractivity contribution < 1.29 is 14.3 Å². The number of carbonyl (C=O) groups excluding carboxylic acids is 1. The van der Waals surface area contributed by atoms with E-state index < -0.39 is 0 Å². The lowest BCUT2D eigenvalue weighted by atomic mass is 10.2. The molecule has 1 rings (SSSR count). The topological polar surface area (TPSA) is 61.5 Å². The van der Waals surface area contributed by atoms with E-state index in [1.165, 1.54) is 0 Å². The average molecular weight is 223 g/mol. The smallest absolute Gasteiger partial charge is 0.338 e. The molecule has 0 spiro atoms. The lowest BCUT2D eigenvalue weighted by Gasteiger charge is -2.07. The Hall–Kier alpha value is -1.55. The molecular weight excluding hydrogens is 206 g/mol. The van der Waals surface area contributed by atoms with Crippen LogP contribution < -0.4 is 10.5 Å². The second-order valence-electron chi connectivity index (χ2n) is 3.24. The molecule has 0 saturated heterocycles. The number of hydrogen-bond donors (Lipinski definition) is 1. The number of carbonyl (C=O) groups is 1. The molecule has 4 nitrogen and oxygen atoms in total. The number of esters is 1. The largest absolute Gasteiger partial charge is 0.494 e. The third kappa shape index (κ3) is 3.90. The Balaban J connectivity index is 2.60. The molecule has 2 N–H and O–H groups in total. The first-order valence-electron chi connectivity index (χ1n) is 5.38. The summed E-state index contributed by atoms with van der Waals surface area (Å²) in [5.41, 5.74) is 5.86. The van der Waals surface area contributed by atoms with Crippen LogP contribution in [0.15, 0.2) is 24.3 Å². The van der Waals surface area contributed by atoms with Gasteiger partial charge in [0.2, 0.25) is 0 Å². The molecule has 0 saturated carbocycles. The van der Waals surface area contributed by atoms with Crippen LogP contribution in [-0.4, -0.2) is 25.7 Å². The predicted octanol–water partition coefficient (Wildman–Crippen LogP) is 1.59. The van der Waals surface area contributed by atoms with Crippen molar-refractivity contribution in [1.29, 1.82) is 0 Å². The Bertz CT molecular complexity index is 339. The summed E-state index contributed by atoms with van der Waals surface area (Å²) in [5.74, 6) is 0.339. The molecular formula is C12H17NO3. The van der Waals surface area contributed by atoms with Gasteiger partial charge in [0.15, 0.2) is 0 Å². The third-order valence-electron chi connectivity index (χ3n) is 1.96. The molecule has 0 atom stereocenters. The molecule has 4 heteroatoms. The quantitative estimate of drug-likeness (QED) is 0.587. The third-order valence-corrected chi connectivity index (χ3v) is 1.96. The van der Waals surface area contributed by atoms with Gasteiger partial charge in [0.25, 0.3) is 0 Å². The van der Waals surface area contributed by atoms with Gasteiger partial charge in [-0.3, -0.25) is 0 Å². The second kappa shape index (κ2) is 6.85. The maximum absolute atomic E-state index is 11.4. The SMILES string of the molecule is CCOC(=O)c1cccc(OCCCN)c1. The van der Waals surface area contributed by atoms with Crippen LogP contribution in [0.4, 0.5) is 0 Å². The van der Waals surface area contributed by atoms with E-state index in [-0.39, 0.29) is 5.97 Å². The molecule has 0 heterocycles. The minimum atomic E-state index is -0.327. The zero-order valence-corrected chi connectivity index (χ0v) is 9.44. The summed E-state index contributed by atoms with van der Waals surface area (Å²) in [5, 5.41) is 0. The molecule has 0 amide bonds. The zero-order chi connectivity index (χ0) is 11.8. The molecule has 16 heavy (non-hydrogen) atoms. The van der Waals surface area contributed by atoms with Gasteiger partial charge in [-0.1, -0.05) is 6.07 Å². The highest BCUT2D eigenvalue weighted by atomic mass is 16.5. The van der Waals surface area contributed by atoms with Crippen molar-refractivity contribution in [1.82, 2.24) is 0 Å². The van der Waals surface area contributed by atoms with Gasteiger partial charge >= 0.3 is 5.97 Å². The van der Waals surface area contributed by atoms with Crippen molar-refractivity contribution in [3.8, 4) is 5.75 Å². The van der Waals surface area contributed by atoms with Crippen LogP contribution >= 0.6 is 0 Å². The molecule has 1 aromatic rings. The lowest BCUT2D eigenvalue weighted by Crippen LogP contribution is -2.07. The molecule has 1 aromatic carbocycles. The minimum absolute atomic E-state index is 0.327. The number of benzene rings is 1. The van der Waals surface area contributed by atoms with Crippen LogP contribution in [0.3, 0.4) is 0 Å². The first kappa shape index (κ1) is 12.5. The highest BCUT2D eigenvalue weighted by molar-refractivity contribution is 5.89. The Kier molecular flexibility index (Phi) is 5.36. The van der Waals surface area contributed by atoms with E-state index in [1.54, 1.807) is 31.2 Å². The molecule has 0 aliphatic carbocycles. The van der Waals surface area contributed by atoms with E-state index in [9.17, 15) is 4.79 Å². The standard InChI is InChI=1S/C12H17NO3/c1-2-15-12(14)10-5-3-6-11(9-10)16-8-4-7-13/h3,5-6,9H,2,4,7-8,13H2,1H3. The van der Waals surface area contributed by atoms with Crippen LogP contribution in [0.1, 0.15) is 23.7 Å². The van der Waals surface area contributed by atoms with Crippen molar-refractivity contribution >= 4 is 5.97 Å². The summed E-state index contributed by atoms with van der Waals surface area (Å²) >= 11 is 0. The highest BCUT2D eigenvalue weighted by Gasteiger charge is 2.06. The molecule has 0 unspecified atom stereocenters. The zero-order valence-electron chi connectivity index (χ0n) is 9.44. The van der Waals surface area contributed by atoms with Gasteiger partial charge in [0, 0.05) is 0 Å². The average Bonchev–Trinajstić information content (AvgIpc) is 2.30. The summed E-state index contributed by atoms with van der Waals surface area (Å²) in [6.45, 7) is 3.30. The molecule has 0 bridgehead atoms. The Labute approximate surface area is 95.3 Å². The van der Waals surface area contributed by atoms with Gasteiger partial charge in [-0.2, -0.15) is 0 Å². The molecule has 0 aliphatic rings. The minimum Gasteiger partial charge on any atom is -0.494 e. The normalized spacial score (nSPS) is 9.88. The molecule has 0 fully saturated rings. The van der Waals surface area contributed by atoms with Gasteiger partial charge in [-0.05, 0) is 38.1 Å². The fourth-order valence-electron chi connectivity index (χ4n) is 1.20. The van der Waals surface area contributed by atoms with E-state index in [0.717, 1.165) is 6.42 Å². The van der Waals surface area contributed by atoms with E-state index >= 15 is 0 Å². The summed E-state index contributed by atoms with van der Waals surface area (Å²) in [7, 11) is 0. The monoisotopic (exact) mass is 223 g/mol. The van der Waals surface area contributed by atoms with E-state index in [4.69, 9.17) is 15.2 Å². The first-order chi connectivity index (χ1) is 7.77. The highest BCUT2D eigenvalue weighted by Crippen LogP contribution is 2.14. The molecule has 0 aromatic heterocycles. The van der Waals surface area contributed by atoms with Crippen LogP contribution in [0.5, 0.6) is 5.75 Å². The number of hydrogen-bond acceptors (Lipinski definition) is 4. The summed E-state index contributed by atoms with van der Waals surface area (Å²) in [6, 6.07) is 6.95. The van der Waals surface area contributed by atoms with Gasteiger partial charge in [-0.25, -0.2) is 4.79 Å². The van der Waals surface area contributed by atoms with Crippen LogP contribution in [0.25, 0.3) is 0 Å². The summed E-state index contributed by atoms with van der Waals surface area (Å²) in [6.07, 6.45) is 0.795. The Morgan fingerprint density at radius 3 is 2.94 bits per heavy atom. The predicted molar refractivity (Wildman–Crippen MR) is 61.6 cm³/mol.